The van der Waals surface area contributed by atoms with Crippen molar-refractivity contribution in [3.8, 4) is 5.75 Å². The molecule has 178 valence electrons. The molecule has 0 aliphatic rings. The lowest BCUT2D eigenvalue weighted by atomic mass is 10.1. The molecule has 0 aliphatic carbocycles. The predicted octanol–water partition coefficient (Wildman–Crippen LogP) is 3.45. The van der Waals surface area contributed by atoms with Crippen molar-refractivity contribution in [1.29, 1.82) is 0 Å². The third-order valence-electron chi connectivity index (χ3n) is 4.84. The van der Waals surface area contributed by atoms with Crippen LogP contribution in [0, 0.1) is 14.1 Å². The summed E-state index contributed by atoms with van der Waals surface area (Å²) in [6, 6.07) is 25.2. The summed E-state index contributed by atoms with van der Waals surface area (Å²) in [6.07, 6.45) is 7.85. The Balaban J connectivity index is 0.000000294. The topological polar surface area (TPSA) is 66.4 Å². The van der Waals surface area contributed by atoms with Crippen molar-refractivity contribution in [2.75, 3.05) is 6.61 Å². The minimum absolute atomic E-state index is 0.0655. The summed E-state index contributed by atoms with van der Waals surface area (Å²) < 4.78 is 39.9. The number of ether oxygens (including phenoxy) is 1. The third kappa shape index (κ3) is 11.7. The molecule has 0 atom stereocenters. The van der Waals surface area contributed by atoms with Crippen molar-refractivity contribution in [3.05, 3.63) is 91.6 Å². The van der Waals surface area contributed by atoms with E-state index in [1.165, 1.54) is 57.8 Å². The summed E-state index contributed by atoms with van der Waals surface area (Å²) >= 11 is -0.0655. The van der Waals surface area contributed by atoms with Crippen LogP contribution in [-0.2, 0) is 10.1 Å². The Bertz CT molecular complexity index is 1020. The molecule has 0 aliphatic heterocycles. The van der Waals surface area contributed by atoms with Crippen LogP contribution in [0.4, 0.5) is 0 Å². The highest BCUT2D eigenvalue weighted by molar-refractivity contribution is 7.85. The van der Waals surface area contributed by atoms with Crippen molar-refractivity contribution < 1.29 is 38.9 Å². The molecule has 4 nitrogen and oxygen atoms in total. The van der Waals surface area contributed by atoms with Gasteiger partial charge in [-0.1, -0.05) is 74.9 Å². The van der Waals surface area contributed by atoms with Gasteiger partial charge in [-0.05, 0) is 61.9 Å². The first-order valence-electron chi connectivity index (χ1n) is 11.3. The highest BCUT2D eigenvalue weighted by Crippen LogP contribution is 2.11. The number of halogens is 1. The molecule has 3 aromatic rings. The van der Waals surface area contributed by atoms with Crippen LogP contribution >= 0.6 is 0 Å². The fourth-order valence-electron chi connectivity index (χ4n) is 2.97. The average Bonchev–Trinajstić information content (AvgIpc) is 2.80. The van der Waals surface area contributed by atoms with Crippen molar-refractivity contribution in [1.82, 2.24) is 0 Å². The Labute approximate surface area is 209 Å². The van der Waals surface area contributed by atoms with Crippen LogP contribution in [0.1, 0.15) is 51.0 Å². The van der Waals surface area contributed by atoms with Crippen LogP contribution in [0.25, 0.3) is 0 Å². The zero-order valence-electron chi connectivity index (χ0n) is 19.4. The molecule has 0 bridgehead atoms. The van der Waals surface area contributed by atoms with Gasteiger partial charge in [0.05, 0.1) is 11.5 Å². The van der Waals surface area contributed by atoms with Crippen molar-refractivity contribution in [2.45, 2.75) is 57.3 Å². The van der Waals surface area contributed by atoms with E-state index in [9.17, 15) is 13.0 Å². The molecule has 0 heterocycles. The number of benzene rings is 3. The molecule has 0 saturated carbocycles. The number of hydrogen-bond donors (Lipinski definition) is 0. The Kier molecular flexibility index (Phi) is 12.5. The van der Waals surface area contributed by atoms with E-state index in [1.807, 2.05) is 6.92 Å². The molecule has 0 radical (unpaired) electrons. The lowest BCUT2D eigenvalue weighted by Crippen LogP contribution is -3.61. The van der Waals surface area contributed by atoms with Gasteiger partial charge in [-0.2, -0.15) is 0 Å². The number of rotatable bonds is 11. The van der Waals surface area contributed by atoms with Gasteiger partial charge in [0, 0.05) is 0 Å². The Morgan fingerprint density at radius 1 is 0.758 bits per heavy atom. The molecule has 0 N–H and O–H groups in total. The zero-order chi connectivity index (χ0) is 23.9. The lowest BCUT2D eigenvalue weighted by Gasteiger charge is -2.05. The molecule has 3 rings (SSSR count). The van der Waals surface area contributed by atoms with Gasteiger partial charge in [0.15, 0.2) is 7.14 Å². The highest BCUT2D eigenvalue weighted by Gasteiger charge is 2.14. The maximum atomic E-state index is 10.4. The first-order chi connectivity index (χ1) is 15.9. The molecule has 0 aromatic heterocycles. The molecule has 6 heteroatoms. The molecule has 33 heavy (non-hydrogen) atoms. The van der Waals surface area contributed by atoms with Gasteiger partial charge in [-0.15, -0.1) is 0 Å². The Morgan fingerprint density at radius 3 is 1.94 bits per heavy atom. The third-order valence-corrected chi connectivity index (χ3v) is 8.37. The summed E-state index contributed by atoms with van der Waals surface area (Å²) in [5.41, 5.74) is 0.928. The summed E-state index contributed by atoms with van der Waals surface area (Å²) in [7, 11) is -4.27. The summed E-state index contributed by atoms with van der Waals surface area (Å²) in [6.45, 7) is 4.92. The summed E-state index contributed by atoms with van der Waals surface area (Å²) in [4.78, 5) is -0.178. The second kappa shape index (κ2) is 15.1. The van der Waals surface area contributed by atoms with E-state index in [4.69, 9.17) is 4.74 Å². The number of unbranched alkanes of at least 4 members (excludes halogenated alkanes) is 5. The van der Waals surface area contributed by atoms with Crippen molar-refractivity contribution >= 4 is 10.1 Å². The van der Waals surface area contributed by atoms with E-state index in [0.29, 0.717) is 0 Å². The quantitative estimate of drug-likeness (QED) is 0.198. The predicted molar refractivity (Wildman–Crippen MR) is 128 cm³/mol. The fraction of sp³-hybridized carbons (Fsp3) is 0.333. The van der Waals surface area contributed by atoms with Gasteiger partial charge in [-0.3, -0.25) is 0 Å². The Hall–Kier alpha value is -1.90. The maximum absolute atomic E-state index is 10.4. The zero-order valence-corrected chi connectivity index (χ0v) is 22.3. The highest BCUT2D eigenvalue weighted by atomic mass is 127. The van der Waals surface area contributed by atoms with E-state index in [0.717, 1.165) is 17.9 Å². The summed E-state index contributed by atoms with van der Waals surface area (Å²) in [5.74, 6) is 1.01. The van der Waals surface area contributed by atoms with E-state index < -0.39 is 10.1 Å². The van der Waals surface area contributed by atoms with Gasteiger partial charge in [0.1, 0.15) is 15.9 Å². The fourth-order valence-corrected chi connectivity index (χ4v) is 5.66. The second-order valence-electron chi connectivity index (χ2n) is 7.73. The maximum Gasteiger partial charge on any atom is 0.357 e. The van der Waals surface area contributed by atoms with E-state index in [-0.39, 0.29) is 26.1 Å². The molecule has 0 fully saturated rings. The minimum atomic E-state index is -4.27. The van der Waals surface area contributed by atoms with Gasteiger partial charge in [0.25, 0.3) is 0 Å². The van der Waals surface area contributed by atoms with Gasteiger partial charge >= 0.3 is 21.2 Å². The van der Waals surface area contributed by atoms with Gasteiger partial charge in [0.2, 0.25) is 0 Å². The molecular formula is C27H33IO4S. The second-order valence-corrected chi connectivity index (χ2v) is 12.1. The van der Waals surface area contributed by atoms with Crippen molar-refractivity contribution in [2.24, 2.45) is 0 Å². The number of hydrogen-bond acceptors (Lipinski definition) is 4. The van der Waals surface area contributed by atoms with Crippen LogP contribution in [0.3, 0.4) is 0 Å². The van der Waals surface area contributed by atoms with E-state index in [2.05, 4.69) is 61.5 Å². The first-order valence-corrected chi connectivity index (χ1v) is 14.9. The molecule has 0 unspecified atom stereocenters. The van der Waals surface area contributed by atoms with Crippen LogP contribution < -0.4 is 25.9 Å². The smallest absolute Gasteiger partial charge is 0.357 e. The lowest BCUT2D eigenvalue weighted by molar-refractivity contribution is -0.597. The molecular weight excluding hydrogens is 547 g/mol. The molecule has 0 saturated heterocycles. The van der Waals surface area contributed by atoms with Gasteiger partial charge in [-0.25, -0.2) is 8.42 Å². The van der Waals surface area contributed by atoms with E-state index >= 15 is 0 Å². The van der Waals surface area contributed by atoms with Crippen LogP contribution in [-0.4, -0.2) is 19.6 Å². The standard InChI is InChI=1S/C20H26IO.C7H8O3S/c1-2-3-4-5-6-10-17-22-20-15-13-19(14-16-20)21-18-11-8-7-9-12-18;1-6-2-4-7(5-3-6)11(8,9)10/h7-9,11-16H,2-6,10,17H2,1H3;2-5H,1H3,(H,8,9,10)/q+1;/p-1. The normalized spacial score (nSPS) is 10.9. The van der Waals surface area contributed by atoms with Crippen LogP contribution in [0.15, 0.2) is 83.8 Å². The van der Waals surface area contributed by atoms with Crippen LogP contribution in [0.5, 0.6) is 5.75 Å². The average molecular weight is 581 g/mol. The molecule has 0 spiro atoms. The number of aryl methyl sites for hydroxylation is 1. The Morgan fingerprint density at radius 2 is 1.33 bits per heavy atom. The molecule has 3 aromatic carbocycles. The van der Waals surface area contributed by atoms with E-state index in [1.54, 1.807) is 12.1 Å². The van der Waals surface area contributed by atoms with Crippen molar-refractivity contribution in [3.63, 3.8) is 0 Å². The minimum Gasteiger partial charge on any atom is -0.744 e. The summed E-state index contributed by atoms with van der Waals surface area (Å²) in [5, 5.41) is 0. The monoisotopic (exact) mass is 580 g/mol. The van der Waals surface area contributed by atoms with Gasteiger partial charge < -0.3 is 9.29 Å². The first kappa shape index (κ1) is 27.3. The molecule has 0 amide bonds. The largest absolute Gasteiger partial charge is 0.744 e. The van der Waals surface area contributed by atoms with Crippen LogP contribution in [0.2, 0.25) is 0 Å². The SMILES string of the molecule is CCCCCCCCOc1ccc([I+]c2ccccc2)cc1.Cc1ccc(S(=O)(=O)[O-])cc1.